The number of hydrogen-bond donors (Lipinski definition) is 2. The predicted octanol–water partition coefficient (Wildman–Crippen LogP) is 3.27. The Morgan fingerprint density at radius 3 is 2.82 bits per heavy atom. The summed E-state index contributed by atoms with van der Waals surface area (Å²) in [4.78, 5) is 12.1. The zero-order valence-corrected chi connectivity index (χ0v) is 11.7. The number of benzene rings is 1. The van der Waals surface area contributed by atoms with Gasteiger partial charge in [-0.1, -0.05) is 13.0 Å². The van der Waals surface area contributed by atoms with Crippen LogP contribution in [0.2, 0.25) is 0 Å². The van der Waals surface area contributed by atoms with E-state index in [9.17, 15) is 9.90 Å². The fraction of sp³-hybridized carbons (Fsp3) is 0.417. The Morgan fingerprint density at radius 1 is 1.47 bits per heavy atom. The molecule has 2 N–H and O–H groups in total. The summed E-state index contributed by atoms with van der Waals surface area (Å²) in [6.45, 7) is 2.80. The topological polar surface area (TPSA) is 49.3 Å². The fourth-order valence-corrected chi connectivity index (χ4v) is 2.60. The van der Waals surface area contributed by atoms with Gasteiger partial charge in [-0.15, -0.1) is 11.8 Å². The summed E-state index contributed by atoms with van der Waals surface area (Å²) in [5, 5.41) is 12.5. The van der Waals surface area contributed by atoms with Crippen LogP contribution >= 0.6 is 23.5 Å². The Balaban J connectivity index is 2.94. The molecule has 5 heteroatoms. The van der Waals surface area contributed by atoms with Crippen molar-refractivity contribution in [2.45, 2.75) is 11.8 Å². The summed E-state index contributed by atoms with van der Waals surface area (Å²) in [7, 11) is 0. The van der Waals surface area contributed by atoms with Gasteiger partial charge in [-0.05, 0) is 24.1 Å². The van der Waals surface area contributed by atoms with Gasteiger partial charge in [-0.2, -0.15) is 11.8 Å². The summed E-state index contributed by atoms with van der Waals surface area (Å²) in [5.74, 6) is 0.965. The van der Waals surface area contributed by atoms with Crippen molar-refractivity contribution < 1.29 is 9.90 Å². The first kappa shape index (κ1) is 14.3. The summed E-state index contributed by atoms with van der Waals surface area (Å²) < 4.78 is 0. The van der Waals surface area contributed by atoms with Crippen LogP contribution in [0.3, 0.4) is 0 Å². The van der Waals surface area contributed by atoms with Crippen LogP contribution < -0.4 is 5.32 Å². The molecule has 0 atom stereocenters. The number of rotatable bonds is 7. The van der Waals surface area contributed by atoms with Crippen molar-refractivity contribution in [3.63, 3.8) is 0 Å². The highest BCUT2D eigenvalue weighted by Gasteiger charge is 2.14. The minimum Gasteiger partial charge on any atom is -0.478 e. The fourth-order valence-electron chi connectivity index (χ4n) is 1.46. The highest BCUT2D eigenvalue weighted by atomic mass is 32.2. The second kappa shape index (κ2) is 7.50. The number of carboxylic acid groups (broad SMARTS) is 1. The maximum atomic E-state index is 11.3. The van der Waals surface area contributed by atoms with Crippen molar-refractivity contribution in [3.8, 4) is 0 Å². The second-order valence-corrected chi connectivity index (χ2v) is 5.63. The molecule has 0 saturated carbocycles. The van der Waals surface area contributed by atoms with Crippen LogP contribution in [0.25, 0.3) is 0 Å². The number of nitrogens with one attached hydrogen (secondary N) is 1. The Kier molecular flexibility index (Phi) is 6.29. The second-order valence-electron chi connectivity index (χ2n) is 3.34. The van der Waals surface area contributed by atoms with E-state index in [2.05, 4.69) is 5.32 Å². The van der Waals surface area contributed by atoms with Crippen molar-refractivity contribution >= 4 is 35.2 Å². The molecule has 0 bridgehead atoms. The third kappa shape index (κ3) is 4.16. The molecule has 0 aliphatic heterocycles. The SMILES string of the molecule is CCSc1cccc(NCCSC)c1C(=O)O. The van der Waals surface area contributed by atoms with E-state index in [1.807, 2.05) is 31.4 Å². The van der Waals surface area contributed by atoms with Gasteiger partial charge in [-0.3, -0.25) is 0 Å². The number of anilines is 1. The Labute approximate surface area is 110 Å². The Morgan fingerprint density at radius 2 is 2.24 bits per heavy atom. The first-order valence-corrected chi connectivity index (χ1v) is 7.80. The highest BCUT2D eigenvalue weighted by Crippen LogP contribution is 2.28. The number of carbonyl (C=O) groups is 1. The normalized spacial score (nSPS) is 10.2. The summed E-state index contributed by atoms with van der Waals surface area (Å²) >= 11 is 3.29. The molecule has 94 valence electrons. The van der Waals surface area contributed by atoms with E-state index in [0.29, 0.717) is 11.3 Å². The van der Waals surface area contributed by atoms with Crippen LogP contribution in [0.4, 0.5) is 5.69 Å². The Bertz CT molecular complexity index is 383. The minimum absolute atomic E-state index is 0.389. The third-order valence-electron chi connectivity index (χ3n) is 2.16. The first-order valence-electron chi connectivity index (χ1n) is 5.42. The lowest BCUT2D eigenvalue weighted by Gasteiger charge is -2.12. The van der Waals surface area contributed by atoms with Crippen molar-refractivity contribution in [2.24, 2.45) is 0 Å². The van der Waals surface area contributed by atoms with E-state index >= 15 is 0 Å². The predicted molar refractivity (Wildman–Crippen MR) is 76.7 cm³/mol. The molecule has 0 unspecified atom stereocenters. The van der Waals surface area contributed by atoms with Crippen LogP contribution in [-0.2, 0) is 0 Å². The monoisotopic (exact) mass is 271 g/mol. The quantitative estimate of drug-likeness (QED) is 0.589. The smallest absolute Gasteiger partial charge is 0.338 e. The molecule has 0 heterocycles. The Hall–Kier alpha value is -0.810. The maximum absolute atomic E-state index is 11.3. The van der Waals surface area contributed by atoms with E-state index in [1.165, 1.54) is 0 Å². The largest absolute Gasteiger partial charge is 0.478 e. The summed E-state index contributed by atoms with van der Waals surface area (Å²) in [6, 6.07) is 5.58. The number of thioether (sulfide) groups is 2. The molecule has 0 radical (unpaired) electrons. The average molecular weight is 271 g/mol. The van der Waals surface area contributed by atoms with Gasteiger partial charge in [0.25, 0.3) is 0 Å². The minimum atomic E-state index is -0.867. The molecule has 0 aromatic heterocycles. The number of hydrogen-bond acceptors (Lipinski definition) is 4. The summed E-state index contributed by atoms with van der Waals surface area (Å²) in [5.41, 5.74) is 1.10. The van der Waals surface area contributed by atoms with Gasteiger partial charge in [0.15, 0.2) is 0 Å². The molecule has 0 aliphatic rings. The van der Waals surface area contributed by atoms with Crippen molar-refractivity contribution in [3.05, 3.63) is 23.8 Å². The third-order valence-corrected chi connectivity index (χ3v) is 3.71. The molecule has 17 heavy (non-hydrogen) atoms. The van der Waals surface area contributed by atoms with Crippen molar-refractivity contribution in [2.75, 3.05) is 29.6 Å². The van der Waals surface area contributed by atoms with Gasteiger partial charge in [0.2, 0.25) is 0 Å². The average Bonchev–Trinajstić information content (AvgIpc) is 2.29. The zero-order valence-electron chi connectivity index (χ0n) is 10.0. The molecular formula is C12H17NO2S2. The van der Waals surface area contributed by atoms with Crippen LogP contribution in [-0.4, -0.2) is 35.4 Å². The number of aromatic carboxylic acids is 1. The van der Waals surface area contributed by atoms with E-state index in [-0.39, 0.29) is 0 Å². The lowest BCUT2D eigenvalue weighted by molar-refractivity contribution is 0.0694. The van der Waals surface area contributed by atoms with Crippen LogP contribution in [0.1, 0.15) is 17.3 Å². The van der Waals surface area contributed by atoms with E-state index < -0.39 is 5.97 Å². The van der Waals surface area contributed by atoms with E-state index in [1.54, 1.807) is 23.5 Å². The molecule has 0 saturated heterocycles. The lowest BCUT2D eigenvalue weighted by atomic mass is 10.2. The molecule has 0 amide bonds. The van der Waals surface area contributed by atoms with Gasteiger partial charge >= 0.3 is 5.97 Å². The van der Waals surface area contributed by atoms with Crippen LogP contribution in [0.15, 0.2) is 23.1 Å². The van der Waals surface area contributed by atoms with Crippen molar-refractivity contribution in [1.29, 1.82) is 0 Å². The molecule has 1 aromatic carbocycles. The molecule has 0 spiro atoms. The molecule has 1 rings (SSSR count). The highest BCUT2D eigenvalue weighted by molar-refractivity contribution is 7.99. The van der Waals surface area contributed by atoms with Gasteiger partial charge in [0.1, 0.15) is 0 Å². The van der Waals surface area contributed by atoms with Crippen LogP contribution in [0, 0.1) is 0 Å². The number of carboxylic acids is 1. The molecule has 3 nitrogen and oxygen atoms in total. The summed E-state index contributed by atoms with van der Waals surface area (Å²) in [6.07, 6.45) is 2.03. The van der Waals surface area contributed by atoms with E-state index in [0.717, 1.165) is 22.9 Å². The van der Waals surface area contributed by atoms with Crippen LogP contribution in [0.5, 0.6) is 0 Å². The van der Waals surface area contributed by atoms with Gasteiger partial charge in [-0.25, -0.2) is 4.79 Å². The van der Waals surface area contributed by atoms with Crippen molar-refractivity contribution in [1.82, 2.24) is 0 Å². The van der Waals surface area contributed by atoms with Gasteiger partial charge < -0.3 is 10.4 Å². The molecule has 0 aliphatic carbocycles. The van der Waals surface area contributed by atoms with Gasteiger partial charge in [0, 0.05) is 22.9 Å². The molecule has 0 fully saturated rings. The standard InChI is InChI=1S/C12H17NO2S2/c1-3-17-10-6-4-5-9(11(10)12(14)15)13-7-8-16-2/h4-6,13H,3,7-8H2,1-2H3,(H,14,15). The molecule has 1 aromatic rings. The van der Waals surface area contributed by atoms with E-state index in [4.69, 9.17) is 0 Å². The zero-order chi connectivity index (χ0) is 12.7. The van der Waals surface area contributed by atoms with Gasteiger partial charge in [0.05, 0.1) is 5.56 Å². The lowest BCUT2D eigenvalue weighted by Crippen LogP contribution is -2.10. The first-order chi connectivity index (χ1) is 8.20. The maximum Gasteiger partial charge on any atom is 0.338 e. The molecular weight excluding hydrogens is 254 g/mol.